The topological polar surface area (TPSA) is 81.7 Å². The Morgan fingerprint density at radius 3 is 1.79 bits per heavy atom. The number of hydrogen-bond acceptors (Lipinski definition) is 4. The molecule has 34 heavy (non-hydrogen) atoms. The van der Waals surface area contributed by atoms with Gasteiger partial charge in [-0.1, -0.05) is 91.0 Å². The van der Waals surface area contributed by atoms with Crippen molar-refractivity contribution >= 4 is 11.9 Å². The van der Waals surface area contributed by atoms with E-state index in [0.29, 0.717) is 25.9 Å². The minimum absolute atomic E-state index is 0.0520. The molecule has 3 unspecified atom stereocenters. The van der Waals surface area contributed by atoms with Gasteiger partial charge in [0.1, 0.15) is 6.04 Å². The molecular weight excluding hydrogens is 426 g/mol. The second-order valence-electron chi connectivity index (χ2n) is 9.01. The van der Waals surface area contributed by atoms with Gasteiger partial charge in [-0.3, -0.25) is 10.1 Å². The normalized spacial score (nSPS) is 21.7. The Labute approximate surface area is 199 Å². The lowest BCUT2D eigenvalue weighted by molar-refractivity contribution is -0.157. The number of benzene rings is 3. The Bertz CT molecular complexity index is 1040. The molecule has 1 amide bonds. The predicted octanol–water partition coefficient (Wildman–Crippen LogP) is 2.98. The number of aliphatic carboxylic acids is 1. The van der Waals surface area contributed by atoms with E-state index >= 15 is 0 Å². The van der Waals surface area contributed by atoms with Crippen LogP contribution in [-0.2, 0) is 15.1 Å². The molecule has 5 rings (SSSR count). The van der Waals surface area contributed by atoms with Crippen molar-refractivity contribution in [1.82, 2.24) is 15.5 Å². The monoisotopic (exact) mass is 455 g/mol. The van der Waals surface area contributed by atoms with Crippen molar-refractivity contribution in [3.05, 3.63) is 108 Å². The largest absolute Gasteiger partial charge is 0.480 e. The Kier molecular flexibility index (Phi) is 6.18. The van der Waals surface area contributed by atoms with Gasteiger partial charge in [-0.2, -0.15) is 0 Å². The molecule has 0 aliphatic carbocycles. The fraction of sp³-hybridized carbons (Fsp3) is 0.286. The van der Waals surface area contributed by atoms with Crippen LogP contribution in [0, 0.1) is 0 Å². The molecule has 0 saturated carbocycles. The number of nitrogens with zero attached hydrogens (tertiary/aromatic N) is 1. The summed E-state index contributed by atoms with van der Waals surface area (Å²) in [7, 11) is 0. The third-order valence-corrected chi connectivity index (χ3v) is 7.09. The van der Waals surface area contributed by atoms with Crippen LogP contribution in [0.5, 0.6) is 0 Å². The van der Waals surface area contributed by atoms with Crippen LogP contribution in [0.4, 0.5) is 0 Å². The predicted molar refractivity (Wildman–Crippen MR) is 130 cm³/mol. The van der Waals surface area contributed by atoms with Gasteiger partial charge in [0.05, 0.1) is 5.54 Å². The summed E-state index contributed by atoms with van der Waals surface area (Å²) in [5, 5.41) is 16.9. The summed E-state index contributed by atoms with van der Waals surface area (Å²) >= 11 is 0. The smallest absolute Gasteiger partial charge is 0.328 e. The van der Waals surface area contributed by atoms with Crippen LogP contribution in [-0.4, -0.2) is 53.1 Å². The summed E-state index contributed by atoms with van der Waals surface area (Å²) in [6, 6.07) is 30.2. The van der Waals surface area contributed by atoms with Gasteiger partial charge in [0.2, 0.25) is 5.91 Å². The summed E-state index contributed by atoms with van der Waals surface area (Å²) in [6.07, 6.45) is 1.14. The number of amides is 1. The molecule has 6 nitrogen and oxygen atoms in total. The molecule has 174 valence electrons. The number of β-lactam (4-membered cyclic amide) rings is 1. The highest BCUT2D eigenvalue weighted by atomic mass is 16.4. The second kappa shape index (κ2) is 9.41. The van der Waals surface area contributed by atoms with Crippen molar-refractivity contribution < 1.29 is 14.7 Å². The van der Waals surface area contributed by atoms with Crippen molar-refractivity contribution in [3.8, 4) is 0 Å². The molecule has 3 aromatic rings. The van der Waals surface area contributed by atoms with Crippen molar-refractivity contribution in [2.45, 2.75) is 36.5 Å². The van der Waals surface area contributed by atoms with Gasteiger partial charge in [-0.05, 0) is 23.1 Å². The summed E-state index contributed by atoms with van der Waals surface area (Å²) in [5.74, 6) is -0.996. The summed E-state index contributed by atoms with van der Waals surface area (Å²) in [4.78, 5) is 25.3. The standard InChI is InChI=1S/C28H29N3O3/c32-25-19-23-18-24(26(27(33)34)31(23)25)29-16-17-30-28(20-10-4-1-5-11-20,21-12-6-2-7-13-21)22-14-8-3-9-15-22/h1-15,23-24,26,29-30H,16-19H2,(H,33,34). The fourth-order valence-corrected chi connectivity index (χ4v) is 5.56. The fourth-order valence-electron chi connectivity index (χ4n) is 5.56. The quantitative estimate of drug-likeness (QED) is 0.263. The van der Waals surface area contributed by atoms with E-state index in [1.54, 1.807) is 0 Å². The van der Waals surface area contributed by atoms with Crippen molar-refractivity contribution in [2.24, 2.45) is 0 Å². The van der Waals surface area contributed by atoms with Gasteiger partial charge in [0, 0.05) is 31.6 Å². The van der Waals surface area contributed by atoms with Crippen LogP contribution in [0.15, 0.2) is 91.0 Å². The Balaban J connectivity index is 1.40. The van der Waals surface area contributed by atoms with E-state index in [2.05, 4.69) is 47.0 Å². The van der Waals surface area contributed by atoms with Crippen LogP contribution in [0.2, 0.25) is 0 Å². The lowest BCUT2D eigenvalue weighted by Crippen LogP contribution is -2.57. The number of carboxylic acid groups (broad SMARTS) is 1. The zero-order valence-electron chi connectivity index (χ0n) is 18.9. The van der Waals surface area contributed by atoms with Gasteiger partial charge >= 0.3 is 5.97 Å². The molecule has 6 heteroatoms. The van der Waals surface area contributed by atoms with E-state index in [9.17, 15) is 14.7 Å². The van der Waals surface area contributed by atoms with Gasteiger partial charge < -0.3 is 15.3 Å². The first-order valence-corrected chi connectivity index (χ1v) is 11.8. The summed E-state index contributed by atoms with van der Waals surface area (Å²) in [5.41, 5.74) is 2.83. The van der Waals surface area contributed by atoms with Gasteiger partial charge in [0.15, 0.2) is 0 Å². The molecule has 3 atom stereocenters. The SMILES string of the molecule is O=C(O)C1C(NCCNC(c2ccccc2)(c2ccccc2)c2ccccc2)CC2CC(=O)N21. The summed E-state index contributed by atoms with van der Waals surface area (Å²) < 4.78 is 0. The molecule has 2 fully saturated rings. The maximum Gasteiger partial charge on any atom is 0.328 e. The first kappa shape index (κ1) is 22.3. The van der Waals surface area contributed by atoms with E-state index in [1.807, 2.05) is 54.6 Å². The van der Waals surface area contributed by atoms with Gasteiger partial charge in [-0.25, -0.2) is 4.79 Å². The minimum atomic E-state index is -0.937. The molecule has 0 radical (unpaired) electrons. The molecule has 0 bridgehead atoms. The van der Waals surface area contributed by atoms with E-state index < -0.39 is 17.6 Å². The first-order valence-electron chi connectivity index (χ1n) is 11.8. The third-order valence-electron chi connectivity index (χ3n) is 7.09. The van der Waals surface area contributed by atoms with Crippen LogP contribution in [0.1, 0.15) is 29.5 Å². The average Bonchev–Trinajstić information content (AvgIpc) is 3.18. The third kappa shape index (κ3) is 3.89. The second-order valence-corrected chi connectivity index (χ2v) is 9.01. The molecule has 0 aromatic heterocycles. The number of carboxylic acids is 1. The number of nitrogens with one attached hydrogen (secondary N) is 2. The molecule has 2 heterocycles. The molecular formula is C28H29N3O3. The number of fused-ring (bicyclic) bond motifs is 1. The molecule has 3 N–H and O–H groups in total. The Hall–Kier alpha value is -3.48. The molecule has 2 saturated heterocycles. The number of hydrogen-bond donors (Lipinski definition) is 3. The van der Waals surface area contributed by atoms with Crippen molar-refractivity contribution in [2.75, 3.05) is 13.1 Å². The molecule has 3 aromatic carbocycles. The lowest BCUT2D eigenvalue weighted by Gasteiger charge is -2.38. The highest BCUT2D eigenvalue weighted by Crippen LogP contribution is 2.37. The van der Waals surface area contributed by atoms with Crippen LogP contribution in [0.3, 0.4) is 0 Å². The van der Waals surface area contributed by atoms with E-state index in [1.165, 1.54) is 4.90 Å². The highest BCUT2D eigenvalue weighted by molar-refractivity contribution is 5.90. The average molecular weight is 456 g/mol. The minimum Gasteiger partial charge on any atom is -0.480 e. The van der Waals surface area contributed by atoms with E-state index in [4.69, 9.17) is 0 Å². The Morgan fingerprint density at radius 1 is 0.853 bits per heavy atom. The van der Waals surface area contributed by atoms with Gasteiger partial charge in [-0.15, -0.1) is 0 Å². The lowest BCUT2D eigenvalue weighted by atomic mass is 9.77. The van der Waals surface area contributed by atoms with E-state index in [0.717, 1.165) is 16.7 Å². The maximum absolute atomic E-state index is 11.9. The Morgan fingerprint density at radius 2 is 1.35 bits per heavy atom. The molecule has 2 aliphatic rings. The molecule has 0 spiro atoms. The number of carbonyl (C=O) groups is 2. The van der Waals surface area contributed by atoms with Gasteiger partial charge in [0.25, 0.3) is 0 Å². The zero-order valence-corrected chi connectivity index (χ0v) is 18.9. The van der Waals surface area contributed by atoms with Crippen molar-refractivity contribution in [3.63, 3.8) is 0 Å². The number of carbonyl (C=O) groups excluding carboxylic acids is 1. The van der Waals surface area contributed by atoms with E-state index in [-0.39, 0.29) is 18.0 Å². The van der Waals surface area contributed by atoms with Crippen LogP contribution < -0.4 is 10.6 Å². The molecule has 2 aliphatic heterocycles. The zero-order chi connectivity index (χ0) is 23.5. The van der Waals surface area contributed by atoms with Crippen LogP contribution in [0.25, 0.3) is 0 Å². The highest BCUT2D eigenvalue weighted by Gasteiger charge is 2.53. The van der Waals surface area contributed by atoms with Crippen molar-refractivity contribution in [1.29, 1.82) is 0 Å². The number of rotatable bonds is 9. The maximum atomic E-state index is 11.9. The van der Waals surface area contributed by atoms with Crippen LogP contribution >= 0.6 is 0 Å². The first-order chi connectivity index (χ1) is 16.6. The summed E-state index contributed by atoms with van der Waals surface area (Å²) in [6.45, 7) is 1.19.